The van der Waals surface area contributed by atoms with Gasteiger partial charge in [0, 0.05) is 17.0 Å². The fourth-order valence-corrected chi connectivity index (χ4v) is 5.55. The van der Waals surface area contributed by atoms with Crippen LogP contribution in [0, 0.1) is 6.92 Å². The van der Waals surface area contributed by atoms with Crippen LogP contribution in [0.4, 0.5) is 5.69 Å². The van der Waals surface area contributed by atoms with Crippen LogP contribution in [0.5, 0.6) is 0 Å². The number of nitrogens with one attached hydrogen (secondary N) is 1. The summed E-state index contributed by atoms with van der Waals surface area (Å²) in [6.07, 6.45) is 5.24. The van der Waals surface area contributed by atoms with Crippen molar-refractivity contribution in [2.45, 2.75) is 44.6 Å². The highest BCUT2D eigenvalue weighted by molar-refractivity contribution is 8.04. The van der Waals surface area contributed by atoms with Gasteiger partial charge in [-0.1, -0.05) is 79.2 Å². The predicted octanol–water partition coefficient (Wildman–Crippen LogP) is 6.53. The van der Waals surface area contributed by atoms with Crippen LogP contribution in [-0.2, 0) is 11.3 Å². The Morgan fingerprint density at radius 2 is 1.76 bits per heavy atom. The molecule has 1 aliphatic rings. The largest absolute Gasteiger partial charge is 0.352 e. The summed E-state index contributed by atoms with van der Waals surface area (Å²) in [6.45, 7) is 7.50. The van der Waals surface area contributed by atoms with E-state index in [4.69, 9.17) is 0 Å². The number of hydrogen-bond acceptors (Lipinski definition) is 4. The lowest BCUT2D eigenvalue weighted by Crippen LogP contribution is -2.33. The predicted molar refractivity (Wildman–Crippen MR) is 158 cm³/mol. The van der Waals surface area contributed by atoms with Crippen molar-refractivity contribution in [3.8, 4) is 0 Å². The molecule has 0 radical (unpaired) electrons. The van der Waals surface area contributed by atoms with Crippen molar-refractivity contribution in [1.29, 1.82) is 0 Å². The van der Waals surface area contributed by atoms with Crippen LogP contribution in [0.15, 0.2) is 82.6 Å². The van der Waals surface area contributed by atoms with E-state index < -0.39 is 0 Å². The molecule has 2 amide bonds. The molecule has 1 N–H and O–H groups in total. The molecule has 0 aliphatic carbocycles. The molecule has 4 rings (SSSR count). The smallest absolute Gasteiger partial charge is 0.265 e. The zero-order valence-electron chi connectivity index (χ0n) is 22.6. The number of amides is 2. The van der Waals surface area contributed by atoms with Gasteiger partial charge in [0.25, 0.3) is 11.8 Å². The molecular formula is C32H37N3O2S. The number of carbonyl (C=O) groups excluding carboxylic acids is 2. The van der Waals surface area contributed by atoms with Crippen molar-refractivity contribution in [1.82, 2.24) is 10.2 Å². The second-order valence-corrected chi connectivity index (χ2v) is 10.9. The molecule has 0 saturated heterocycles. The van der Waals surface area contributed by atoms with Gasteiger partial charge in [0.15, 0.2) is 0 Å². The molecule has 0 spiro atoms. The maximum absolute atomic E-state index is 13.6. The first kappa shape index (κ1) is 27.7. The Kier molecular flexibility index (Phi) is 9.79. The van der Waals surface area contributed by atoms with Crippen LogP contribution in [0.1, 0.15) is 53.2 Å². The van der Waals surface area contributed by atoms with E-state index >= 15 is 0 Å². The quantitative estimate of drug-likeness (QED) is 0.228. The Bertz CT molecular complexity index is 1290. The minimum Gasteiger partial charge on any atom is -0.352 e. The lowest BCUT2D eigenvalue weighted by atomic mass is 10.1. The summed E-state index contributed by atoms with van der Waals surface area (Å²) in [7, 11) is 2.13. The normalized spacial score (nSPS) is 14.2. The van der Waals surface area contributed by atoms with Crippen LogP contribution in [0.3, 0.4) is 0 Å². The molecule has 198 valence electrons. The molecule has 0 atom stereocenters. The average Bonchev–Trinajstić information content (AvgIpc) is 2.92. The summed E-state index contributed by atoms with van der Waals surface area (Å²) in [6, 6.07) is 23.8. The molecule has 0 aromatic heterocycles. The molecule has 38 heavy (non-hydrogen) atoms. The highest BCUT2D eigenvalue weighted by Gasteiger charge is 2.29. The van der Waals surface area contributed by atoms with Gasteiger partial charge in [-0.25, -0.2) is 0 Å². The number of thioether (sulfide) groups is 1. The third-order valence-electron chi connectivity index (χ3n) is 6.62. The van der Waals surface area contributed by atoms with E-state index in [0.717, 1.165) is 41.2 Å². The van der Waals surface area contributed by atoms with E-state index in [1.165, 1.54) is 30.2 Å². The monoisotopic (exact) mass is 527 g/mol. The zero-order valence-corrected chi connectivity index (χ0v) is 23.4. The number of para-hydroxylation sites is 1. The molecule has 0 saturated carbocycles. The Balaban J connectivity index is 1.42. The number of hydrogen-bond donors (Lipinski definition) is 1. The molecule has 3 aromatic rings. The molecule has 0 bridgehead atoms. The van der Waals surface area contributed by atoms with Gasteiger partial charge in [-0.3, -0.25) is 9.59 Å². The summed E-state index contributed by atoms with van der Waals surface area (Å²) in [5.74, 6) is -0.0808. The van der Waals surface area contributed by atoms with Gasteiger partial charge in [-0.05, 0) is 81.4 Å². The number of anilines is 1. The van der Waals surface area contributed by atoms with Crippen LogP contribution in [0.2, 0.25) is 0 Å². The highest BCUT2D eigenvalue weighted by atomic mass is 32.2. The number of benzene rings is 3. The lowest BCUT2D eigenvalue weighted by Gasteiger charge is -2.30. The Morgan fingerprint density at radius 3 is 2.53 bits per heavy atom. The fraction of sp³-hybridized carbons (Fsp3) is 0.312. The summed E-state index contributed by atoms with van der Waals surface area (Å²) in [4.78, 5) is 32.1. The molecule has 0 fully saturated rings. The Hall–Kier alpha value is -3.35. The molecular weight excluding hydrogens is 490 g/mol. The number of unbranched alkanes of at least 4 members (excludes halogenated alkanes) is 1. The van der Waals surface area contributed by atoms with E-state index in [9.17, 15) is 9.59 Å². The molecule has 1 aliphatic heterocycles. The Labute approximate surface area is 230 Å². The minimum atomic E-state index is -0.0678. The second-order valence-electron chi connectivity index (χ2n) is 9.85. The first-order valence-corrected chi connectivity index (χ1v) is 14.2. The van der Waals surface area contributed by atoms with Gasteiger partial charge in [0.05, 0.1) is 17.1 Å². The van der Waals surface area contributed by atoms with Crippen LogP contribution in [-0.4, -0.2) is 43.4 Å². The van der Waals surface area contributed by atoms with Gasteiger partial charge in [-0.15, -0.1) is 0 Å². The number of carbonyl (C=O) groups is 2. The summed E-state index contributed by atoms with van der Waals surface area (Å²) in [5.41, 5.74) is 4.73. The maximum atomic E-state index is 13.6. The standard InChI is InChI=1S/C32H37N3O2S/c1-4-5-19-34(3)20-9-18-33-31(36)27-16-14-25(15-17-27)22-30-32(37)35(23-26-11-8-10-24(2)21-26)28-12-6-7-13-29(28)38-30/h6-8,10-17,21-22H,4-5,9,18-20,23H2,1-3H3,(H,33,36)/b30-22+. The molecule has 6 heteroatoms. The van der Waals surface area contributed by atoms with Gasteiger partial charge in [-0.2, -0.15) is 0 Å². The minimum absolute atomic E-state index is 0.0130. The van der Waals surface area contributed by atoms with Crippen molar-refractivity contribution >= 4 is 35.3 Å². The number of fused-ring (bicyclic) bond motifs is 1. The average molecular weight is 528 g/mol. The van der Waals surface area contributed by atoms with Crippen molar-refractivity contribution in [2.75, 3.05) is 31.6 Å². The topological polar surface area (TPSA) is 52.7 Å². The molecule has 0 unspecified atom stereocenters. The second kappa shape index (κ2) is 13.4. The molecule has 5 nitrogen and oxygen atoms in total. The molecule has 3 aromatic carbocycles. The maximum Gasteiger partial charge on any atom is 0.265 e. The van der Waals surface area contributed by atoms with Gasteiger partial charge >= 0.3 is 0 Å². The van der Waals surface area contributed by atoms with Gasteiger partial charge in [0.2, 0.25) is 0 Å². The Morgan fingerprint density at radius 1 is 1.00 bits per heavy atom. The first-order chi connectivity index (χ1) is 18.4. The molecule has 1 heterocycles. The summed E-state index contributed by atoms with van der Waals surface area (Å²) < 4.78 is 0. The number of nitrogens with zero attached hydrogens (tertiary/aromatic N) is 2. The summed E-state index contributed by atoms with van der Waals surface area (Å²) in [5, 5.41) is 3.02. The SMILES string of the molecule is CCCCN(C)CCCNC(=O)c1ccc(/C=C2/Sc3ccccc3N(Cc3cccc(C)c3)C2=O)cc1. The van der Waals surface area contributed by atoms with Gasteiger partial charge in [0.1, 0.15) is 0 Å². The van der Waals surface area contributed by atoms with E-state index in [2.05, 4.69) is 55.4 Å². The summed E-state index contributed by atoms with van der Waals surface area (Å²) >= 11 is 1.50. The van der Waals surface area contributed by atoms with Crippen molar-refractivity contribution in [2.24, 2.45) is 0 Å². The first-order valence-electron chi connectivity index (χ1n) is 13.4. The van der Waals surface area contributed by atoms with Crippen molar-refractivity contribution in [3.63, 3.8) is 0 Å². The van der Waals surface area contributed by atoms with Crippen LogP contribution >= 0.6 is 11.8 Å². The van der Waals surface area contributed by atoms with Crippen molar-refractivity contribution < 1.29 is 9.59 Å². The van der Waals surface area contributed by atoms with E-state index in [1.807, 2.05) is 59.5 Å². The van der Waals surface area contributed by atoms with E-state index in [0.29, 0.717) is 23.6 Å². The lowest BCUT2D eigenvalue weighted by molar-refractivity contribution is -0.114. The van der Waals surface area contributed by atoms with Crippen molar-refractivity contribution in [3.05, 3.63) is 100.0 Å². The number of rotatable bonds is 11. The number of aryl methyl sites for hydroxylation is 1. The zero-order chi connectivity index (χ0) is 26.9. The van der Waals surface area contributed by atoms with E-state index in [1.54, 1.807) is 0 Å². The third-order valence-corrected chi connectivity index (χ3v) is 7.70. The van der Waals surface area contributed by atoms with Gasteiger partial charge < -0.3 is 15.1 Å². The van der Waals surface area contributed by atoms with E-state index in [-0.39, 0.29) is 11.8 Å². The fourth-order valence-electron chi connectivity index (χ4n) is 4.49. The van der Waals surface area contributed by atoms with Crippen LogP contribution in [0.25, 0.3) is 6.08 Å². The van der Waals surface area contributed by atoms with Crippen LogP contribution < -0.4 is 10.2 Å². The third kappa shape index (κ3) is 7.36. The highest BCUT2D eigenvalue weighted by Crippen LogP contribution is 2.42.